The summed E-state index contributed by atoms with van der Waals surface area (Å²) in [4.78, 5) is 18.5. The summed E-state index contributed by atoms with van der Waals surface area (Å²) in [5, 5.41) is 2.98. The van der Waals surface area contributed by atoms with E-state index in [-0.39, 0.29) is 11.4 Å². The Balaban J connectivity index is 1.63. The quantitative estimate of drug-likeness (QED) is 0.734. The summed E-state index contributed by atoms with van der Waals surface area (Å²) < 4.78 is 7.96. The van der Waals surface area contributed by atoms with Crippen molar-refractivity contribution in [3.63, 3.8) is 0 Å². The third-order valence-corrected chi connectivity index (χ3v) is 5.39. The summed E-state index contributed by atoms with van der Waals surface area (Å²) in [6.07, 6.45) is -0.539. The maximum Gasteiger partial charge on any atom is 0.268 e. The minimum atomic E-state index is -0.539. The van der Waals surface area contributed by atoms with Crippen LogP contribution in [0.3, 0.4) is 0 Å². The number of amides is 1. The van der Waals surface area contributed by atoms with Crippen LogP contribution in [0.15, 0.2) is 53.4 Å². The van der Waals surface area contributed by atoms with E-state index in [0.717, 1.165) is 21.7 Å². The Morgan fingerprint density at radius 2 is 1.92 bits per heavy atom. The maximum absolute atomic E-state index is 12.8. The Kier molecular flexibility index (Phi) is 4.15. The second-order valence-electron chi connectivity index (χ2n) is 7.28. The van der Waals surface area contributed by atoms with Crippen molar-refractivity contribution in [2.75, 3.05) is 11.1 Å². The van der Waals surface area contributed by atoms with Crippen LogP contribution in [-0.4, -0.2) is 27.3 Å². The Labute approximate surface area is 156 Å². The smallest absolute Gasteiger partial charge is 0.268 e. The third kappa shape index (κ3) is 3.05. The average Bonchev–Trinajstić information content (AvgIpc) is 2.99. The molecule has 6 heteroatoms. The number of nitrogens with one attached hydrogen (secondary N) is 1. The second-order valence-corrected chi connectivity index (χ2v) is 8.35. The molecular formula is C20H21N3O2S. The highest BCUT2D eigenvalue weighted by molar-refractivity contribution is 7.99. The van der Waals surface area contributed by atoms with E-state index in [1.807, 2.05) is 48.5 Å². The second kappa shape index (κ2) is 6.36. The first-order chi connectivity index (χ1) is 12.4. The third-order valence-electron chi connectivity index (χ3n) is 4.27. The molecule has 1 aliphatic rings. The number of nitrogens with zero attached hydrogens (tertiary/aromatic N) is 2. The van der Waals surface area contributed by atoms with E-state index in [9.17, 15) is 4.79 Å². The number of carbonyl (C=O) groups is 1. The molecule has 0 bridgehead atoms. The normalized spacial score (nSPS) is 16.8. The topological polar surface area (TPSA) is 56.2 Å². The molecule has 1 N–H and O–H groups in total. The van der Waals surface area contributed by atoms with Crippen LogP contribution in [0.1, 0.15) is 20.8 Å². The number of anilines is 1. The van der Waals surface area contributed by atoms with Gasteiger partial charge in [-0.15, -0.1) is 11.8 Å². The SMILES string of the molecule is CC(C)(C)n1c(NC(=O)C2CSc3ccccc3O2)nc2ccccc21. The number of carbonyl (C=O) groups excluding carboxylic acids is 1. The lowest BCUT2D eigenvalue weighted by Gasteiger charge is -2.27. The van der Waals surface area contributed by atoms with E-state index < -0.39 is 6.10 Å². The summed E-state index contributed by atoms with van der Waals surface area (Å²) in [5.74, 6) is 1.72. The molecule has 0 radical (unpaired) electrons. The number of fused-ring (bicyclic) bond motifs is 2. The van der Waals surface area contributed by atoms with Crippen LogP contribution in [0.4, 0.5) is 5.95 Å². The Morgan fingerprint density at radius 3 is 2.73 bits per heavy atom. The van der Waals surface area contributed by atoms with Gasteiger partial charge < -0.3 is 9.30 Å². The van der Waals surface area contributed by atoms with E-state index in [4.69, 9.17) is 4.74 Å². The maximum atomic E-state index is 12.8. The van der Waals surface area contributed by atoms with Gasteiger partial charge in [0.15, 0.2) is 6.10 Å². The number of para-hydroxylation sites is 3. The lowest BCUT2D eigenvalue weighted by Crippen LogP contribution is -2.38. The Bertz CT molecular complexity index is 975. The van der Waals surface area contributed by atoms with Crippen LogP contribution in [0, 0.1) is 0 Å². The fraction of sp³-hybridized carbons (Fsp3) is 0.300. The molecule has 3 aromatic rings. The molecule has 1 unspecified atom stereocenters. The van der Waals surface area contributed by atoms with E-state index in [1.54, 1.807) is 11.8 Å². The number of thioether (sulfide) groups is 1. The average molecular weight is 367 g/mol. The Morgan fingerprint density at radius 1 is 1.19 bits per heavy atom. The molecule has 0 fully saturated rings. The number of hydrogen-bond donors (Lipinski definition) is 1. The predicted molar refractivity (Wildman–Crippen MR) is 105 cm³/mol. The number of aromatic nitrogens is 2. The van der Waals surface area contributed by atoms with Crippen molar-refractivity contribution in [2.24, 2.45) is 0 Å². The highest BCUT2D eigenvalue weighted by Gasteiger charge is 2.29. The van der Waals surface area contributed by atoms with E-state index in [2.05, 4.69) is 35.6 Å². The van der Waals surface area contributed by atoms with Gasteiger partial charge in [-0.2, -0.15) is 0 Å². The molecule has 1 atom stereocenters. The summed E-state index contributed by atoms with van der Waals surface area (Å²) in [7, 11) is 0. The van der Waals surface area contributed by atoms with Crippen molar-refractivity contribution >= 4 is 34.7 Å². The molecule has 4 rings (SSSR count). The van der Waals surface area contributed by atoms with Gasteiger partial charge in [0.25, 0.3) is 5.91 Å². The molecule has 26 heavy (non-hydrogen) atoms. The number of benzene rings is 2. The zero-order valence-electron chi connectivity index (χ0n) is 15.0. The monoisotopic (exact) mass is 367 g/mol. The van der Waals surface area contributed by atoms with Crippen LogP contribution in [0.25, 0.3) is 11.0 Å². The lowest BCUT2D eigenvalue weighted by molar-refractivity contribution is -0.122. The van der Waals surface area contributed by atoms with Gasteiger partial charge in [-0.1, -0.05) is 24.3 Å². The molecule has 0 saturated heterocycles. The fourth-order valence-electron chi connectivity index (χ4n) is 3.13. The van der Waals surface area contributed by atoms with E-state index in [0.29, 0.717) is 11.7 Å². The van der Waals surface area contributed by atoms with Gasteiger partial charge in [0, 0.05) is 16.2 Å². The van der Waals surface area contributed by atoms with Gasteiger partial charge in [0.2, 0.25) is 5.95 Å². The standard InChI is InChI=1S/C20H21N3O2S/c1-20(2,3)23-14-9-5-4-8-13(14)21-19(23)22-18(24)16-12-26-17-11-7-6-10-15(17)25-16/h4-11,16H,12H2,1-3H3,(H,21,22,24). The molecule has 0 saturated carbocycles. The van der Waals surface area contributed by atoms with E-state index >= 15 is 0 Å². The molecule has 2 heterocycles. The van der Waals surface area contributed by atoms with Crippen LogP contribution in [0.5, 0.6) is 5.75 Å². The zero-order valence-corrected chi connectivity index (χ0v) is 15.8. The molecular weight excluding hydrogens is 346 g/mol. The minimum absolute atomic E-state index is 0.173. The molecule has 0 spiro atoms. The van der Waals surface area contributed by atoms with Crippen molar-refractivity contribution < 1.29 is 9.53 Å². The number of hydrogen-bond acceptors (Lipinski definition) is 4. The van der Waals surface area contributed by atoms with Crippen molar-refractivity contribution in [3.8, 4) is 5.75 Å². The molecule has 1 amide bonds. The minimum Gasteiger partial charge on any atom is -0.479 e. The fourth-order valence-corrected chi connectivity index (χ4v) is 4.11. The molecule has 2 aromatic carbocycles. The highest BCUT2D eigenvalue weighted by atomic mass is 32.2. The van der Waals surface area contributed by atoms with Crippen LogP contribution < -0.4 is 10.1 Å². The van der Waals surface area contributed by atoms with E-state index in [1.165, 1.54) is 0 Å². The Hall–Kier alpha value is -2.47. The highest BCUT2D eigenvalue weighted by Crippen LogP contribution is 2.35. The first kappa shape index (κ1) is 17.0. The van der Waals surface area contributed by atoms with Crippen molar-refractivity contribution in [2.45, 2.75) is 37.3 Å². The van der Waals surface area contributed by atoms with Gasteiger partial charge in [0.1, 0.15) is 5.75 Å². The van der Waals surface area contributed by atoms with Crippen LogP contribution in [-0.2, 0) is 10.3 Å². The summed E-state index contributed by atoms with van der Waals surface area (Å²) in [6.45, 7) is 6.29. The van der Waals surface area contributed by atoms with Crippen molar-refractivity contribution in [1.29, 1.82) is 0 Å². The van der Waals surface area contributed by atoms with Gasteiger partial charge >= 0.3 is 0 Å². The van der Waals surface area contributed by atoms with Crippen molar-refractivity contribution in [3.05, 3.63) is 48.5 Å². The molecule has 0 aliphatic carbocycles. The number of ether oxygens (including phenoxy) is 1. The van der Waals surface area contributed by atoms with Crippen LogP contribution >= 0.6 is 11.8 Å². The van der Waals surface area contributed by atoms with Gasteiger partial charge in [0.05, 0.1) is 11.0 Å². The lowest BCUT2D eigenvalue weighted by atomic mass is 10.1. The van der Waals surface area contributed by atoms with Gasteiger partial charge in [-0.3, -0.25) is 10.1 Å². The summed E-state index contributed by atoms with van der Waals surface area (Å²) >= 11 is 1.64. The molecule has 1 aromatic heterocycles. The first-order valence-electron chi connectivity index (χ1n) is 8.61. The molecule has 5 nitrogen and oxygen atoms in total. The largest absolute Gasteiger partial charge is 0.479 e. The molecule has 1 aliphatic heterocycles. The molecule has 134 valence electrons. The van der Waals surface area contributed by atoms with Crippen LogP contribution in [0.2, 0.25) is 0 Å². The summed E-state index contributed by atoms with van der Waals surface area (Å²) in [5.41, 5.74) is 1.65. The van der Waals surface area contributed by atoms with Gasteiger partial charge in [-0.05, 0) is 45.0 Å². The first-order valence-corrected chi connectivity index (χ1v) is 9.59. The summed E-state index contributed by atoms with van der Waals surface area (Å²) in [6, 6.07) is 15.7. The predicted octanol–water partition coefficient (Wildman–Crippen LogP) is 4.28. The number of imidazole rings is 1. The zero-order chi connectivity index (χ0) is 18.3. The van der Waals surface area contributed by atoms with Crippen molar-refractivity contribution in [1.82, 2.24) is 9.55 Å². The van der Waals surface area contributed by atoms with Gasteiger partial charge in [-0.25, -0.2) is 4.98 Å². The number of rotatable bonds is 2.